The van der Waals surface area contributed by atoms with Gasteiger partial charge >= 0.3 is 5.97 Å². The average molecular weight is 295 g/mol. The van der Waals surface area contributed by atoms with Gasteiger partial charge in [-0.05, 0) is 25.0 Å². The van der Waals surface area contributed by atoms with Crippen LogP contribution in [-0.2, 0) is 14.3 Å². The van der Waals surface area contributed by atoms with E-state index in [0.717, 1.165) is 5.56 Å². The number of carbonyl (C=O) groups excluding carboxylic acids is 1. The summed E-state index contributed by atoms with van der Waals surface area (Å²) in [6, 6.07) is 7.41. The molecule has 0 saturated heterocycles. The number of aliphatic carboxylic acids is 1. The number of benzene rings is 1. The molecule has 0 aromatic heterocycles. The van der Waals surface area contributed by atoms with Gasteiger partial charge in [0.1, 0.15) is 5.75 Å². The molecule has 21 heavy (non-hydrogen) atoms. The van der Waals surface area contributed by atoms with E-state index in [0.29, 0.717) is 12.2 Å². The quantitative estimate of drug-likeness (QED) is 0.756. The molecule has 2 unspecified atom stereocenters. The Morgan fingerprint density at radius 1 is 1.29 bits per heavy atom. The Kier molecular flexibility index (Phi) is 6.68. The van der Waals surface area contributed by atoms with Gasteiger partial charge < -0.3 is 19.9 Å². The number of nitrogens with one attached hydrogen (secondary N) is 1. The Hall–Kier alpha value is -2.08. The van der Waals surface area contributed by atoms with E-state index in [9.17, 15) is 9.59 Å². The Balaban J connectivity index is 2.61. The highest BCUT2D eigenvalue weighted by Gasteiger charge is 2.22. The SMILES string of the molecule is CCC(Oc1ccccc1C)C(=O)NCC(OC)C(=O)O. The van der Waals surface area contributed by atoms with Crippen molar-refractivity contribution in [2.45, 2.75) is 32.5 Å². The molecule has 2 atom stereocenters. The number of amides is 1. The van der Waals surface area contributed by atoms with Crippen LogP contribution in [0.25, 0.3) is 0 Å². The van der Waals surface area contributed by atoms with Crippen LogP contribution in [0, 0.1) is 6.92 Å². The number of methoxy groups -OCH3 is 1. The summed E-state index contributed by atoms with van der Waals surface area (Å²) >= 11 is 0. The smallest absolute Gasteiger partial charge is 0.334 e. The molecule has 116 valence electrons. The predicted molar refractivity (Wildman–Crippen MR) is 77.3 cm³/mol. The van der Waals surface area contributed by atoms with Gasteiger partial charge in [0.25, 0.3) is 5.91 Å². The fourth-order valence-corrected chi connectivity index (χ4v) is 1.74. The van der Waals surface area contributed by atoms with Gasteiger partial charge in [0.05, 0.1) is 6.54 Å². The molecule has 6 nitrogen and oxygen atoms in total. The molecule has 1 amide bonds. The number of rotatable bonds is 8. The zero-order valence-electron chi connectivity index (χ0n) is 12.5. The Labute approximate surface area is 124 Å². The molecule has 0 bridgehead atoms. The number of carbonyl (C=O) groups is 2. The molecule has 0 saturated carbocycles. The third-order valence-corrected chi connectivity index (χ3v) is 3.05. The Morgan fingerprint density at radius 3 is 2.48 bits per heavy atom. The van der Waals surface area contributed by atoms with E-state index in [2.05, 4.69) is 5.32 Å². The fourth-order valence-electron chi connectivity index (χ4n) is 1.74. The zero-order chi connectivity index (χ0) is 15.8. The Morgan fingerprint density at radius 2 is 1.95 bits per heavy atom. The molecule has 2 N–H and O–H groups in total. The van der Waals surface area contributed by atoms with E-state index < -0.39 is 18.2 Å². The van der Waals surface area contributed by atoms with Crippen molar-refractivity contribution in [2.24, 2.45) is 0 Å². The van der Waals surface area contributed by atoms with Gasteiger partial charge in [-0.1, -0.05) is 25.1 Å². The van der Waals surface area contributed by atoms with Gasteiger partial charge in [-0.25, -0.2) is 4.79 Å². The first-order chi connectivity index (χ1) is 9.99. The molecule has 6 heteroatoms. The number of aryl methyl sites for hydroxylation is 1. The highest BCUT2D eigenvalue weighted by Crippen LogP contribution is 2.18. The van der Waals surface area contributed by atoms with Crippen LogP contribution in [0.3, 0.4) is 0 Å². The maximum atomic E-state index is 12.0. The molecular formula is C15H21NO5. The summed E-state index contributed by atoms with van der Waals surface area (Å²) in [7, 11) is 1.28. The second-order valence-electron chi connectivity index (χ2n) is 4.59. The zero-order valence-corrected chi connectivity index (χ0v) is 12.5. The van der Waals surface area contributed by atoms with Crippen LogP contribution in [0.5, 0.6) is 5.75 Å². The van der Waals surface area contributed by atoms with Crippen LogP contribution in [0.1, 0.15) is 18.9 Å². The van der Waals surface area contributed by atoms with E-state index in [1.54, 1.807) is 6.07 Å². The van der Waals surface area contributed by atoms with Crippen molar-refractivity contribution in [3.63, 3.8) is 0 Å². The number of hydrogen-bond acceptors (Lipinski definition) is 4. The van der Waals surface area contributed by atoms with Crippen molar-refractivity contribution in [1.82, 2.24) is 5.32 Å². The number of hydrogen-bond donors (Lipinski definition) is 2. The fraction of sp³-hybridized carbons (Fsp3) is 0.467. The van der Waals surface area contributed by atoms with Crippen LogP contribution >= 0.6 is 0 Å². The number of carboxylic acid groups (broad SMARTS) is 1. The van der Waals surface area contributed by atoms with Gasteiger partial charge in [-0.15, -0.1) is 0 Å². The van der Waals surface area contributed by atoms with Crippen molar-refractivity contribution in [2.75, 3.05) is 13.7 Å². The first kappa shape index (κ1) is 17.0. The predicted octanol–water partition coefficient (Wildman–Crippen LogP) is 1.37. The molecule has 1 aromatic rings. The lowest BCUT2D eigenvalue weighted by Gasteiger charge is -2.19. The van der Waals surface area contributed by atoms with Crippen LogP contribution in [-0.4, -0.2) is 42.8 Å². The van der Waals surface area contributed by atoms with Crippen molar-refractivity contribution >= 4 is 11.9 Å². The molecule has 0 aliphatic carbocycles. The average Bonchev–Trinajstić information content (AvgIpc) is 2.46. The summed E-state index contributed by atoms with van der Waals surface area (Å²) in [5.74, 6) is -0.837. The van der Waals surface area contributed by atoms with Gasteiger partial charge in [-0.2, -0.15) is 0 Å². The summed E-state index contributed by atoms with van der Waals surface area (Å²) in [5.41, 5.74) is 0.934. The highest BCUT2D eigenvalue weighted by molar-refractivity contribution is 5.82. The van der Waals surface area contributed by atoms with E-state index in [4.69, 9.17) is 14.6 Å². The van der Waals surface area contributed by atoms with Gasteiger partial charge in [0.2, 0.25) is 0 Å². The van der Waals surface area contributed by atoms with Gasteiger partial charge in [-0.3, -0.25) is 4.79 Å². The molecule has 1 aromatic carbocycles. The second kappa shape index (κ2) is 8.26. The Bertz CT molecular complexity index is 489. The molecule has 0 aliphatic rings. The highest BCUT2D eigenvalue weighted by atomic mass is 16.5. The molecule has 0 heterocycles. The van der Waals surface area contributed by atoms with Crippen molar-refractivity contribution in [3.05, 3.63) is 29.8 Å². The minimum absolute atomic E-state index is 0.0989. The van der Waals surface area contributed by atoms with E-state index in [1.165, 1.54) is 7.11 Å². The van der Waals surface area contributed by atoms with E-state index in [1.807, 2.05) is 32.0 Å². The van der Waals surface area contributed by atoms with Crippen LogP contribution < -0.4 is 10.1 Å². The maximum absolute atomic E-state index is 12.0. The normalized spacial score (nSPS) is 13.3. The molecule has 0 aliphatic heterocycles. The first-order valence-corrected chi connectivity index (χ1v) is 6.75. The summed E-state index contributed by atoms with van der Waals surface area (Å²) in [5, 5.41) is 11.4. The molecule has 0 radical (unpaired) electrons. The summed E-state index contributed by atoms with van der Waals surface area (Å²) in [6.07, 6.45) is -1.26. The summed E-state index contributed by atoms with van der Waals surface area (Å²) in [6.45, 7) is 3.62. The first-order valence-electron chi connectivity index (χ1n) is 6.75. The largest absolute Gasteiger partial charge is 0.480 e. The topological polar surface area (TPSA) is 84.9 Å². The lowest BCUT2D eigenvalue weighted by Crippen LogP contribution is -2.44. The van der Waals surface area contributed by atoms with Crippen LogP contribution in [0.4, 0.5) is 0 Å². The molecule has 0 spiro atoms. The van der Waals surface area contributed by atoms with Crippen LogP contribution in [0.15, 0.2) is 24.3 Å². The minimum atomic E-state index is -1.12. The number of para-hydroxylation sites is 1. The lowest BCUT2D eigenvalue weighted by molar-refractivity contribution is -0.148. The molecule has 1 rings (SSSR count). The second-order valence-corrected chi connectivity index (χ2v) is 4.59. The summed E-state index contributed by atoms with van der Waals surface area (Å²) in [4.78, 5) is 22.9. The van der Waals surface area contributed by atoms with E-state index >= 15 is 0 Å². The lowest BCUT2D eigenvalue weighted by atomic mass is 10.2. The number of carboxylic acids is 1. The van der Waals surface area contributed by atoms with Crippen molar-refractivity contribution in [3.8, 4) is 5.75 Å². The van der Waals surface area contributed by atoms with Crippen molar-refractivity contribution < 1.29 is 24.2 Å². The third kappa shape index (κ3) is 5.07. The van der Waals surface area contributed by atoms with Crippen molar-refractivity contribution in [1.29, 1.82) is 0 Å². The van der Waals surface area contributed by atoms with Gasteiger partial charge in [0.15, 0.2) is 12.2 Å². The third-order valence-electron chi connectivity index (χ3n) is 3.05. The maximum Gasteiger partial charge on any atom is 0.334 e. The monoisotopic (exact) mass is 295 g/mol. The van der Waals surface area contributed by atoms with Crippen LogP contribution in [0.2, 0.25) is 0 Å². The molecule has 0 fully saturated rings. The van der Waals surface area contributed by atoms with E-state index in [-0.39, 0.29) is 12.5 Å². The minimum Gasteiger partial charge on any atom is -0.480 e. The molecular weight excluding hydrogens is 274 g/mol. The standard InChI is InChI=1S/C15H21NO5/c1-4-11(21-12-8-6-5-7-10(12)2)14(17)16-9-13(20-3)15(18)19/h5-8,11,13H,4,9H2,1-3H3,(H,16,17)(H,18,19). The summed E-state index contributed by atoms with van der Waals surface area (Å²) < 4.78 is 10.4. The number of ether oxygens (including phenoxy) is 2. The van der Waals surface area contributed by atoms with Gasteiger partial charge in [0, 0.05) is 7.11 Å².